The monoisotopic (exact) mass is 401 g/mol. The van der Waals surface area contributed by atoms with E-state index in [1.807, 2.05) is 24.5 Å². The van der Waals surface area contributed by atoms with Crippen LogP contribution in [0, 0.1) is 0 Å². The number of furan rings is 1. The Hall–Kier alpha value is -2.99. The SMILES string of the molecule is CC(C)(c1ccccn1)N1CC[C@@](CCc2ccc3ccoc3c2)(c2c[nH]nn2)C1. The quantitative estimate of drug-likeness (QED) is 0.517. The molecule has 5 rings (SSSR count). The molecule has 1 N–H and O–H groups in total. The number of nitrogens with zero attached hydrogens (tertiary/aromatic N) is 4. The Labute approximate surface area is 176 Å². The largest absolute Gasteiger partial charge is 0.464 e. The molecule has 154 valence electrons. The average molecular weight is 402 g/mol. The van der Waals surface area contributed by atoms with Gasteiger partial charge in [0.25, 0.3) is 0 Å². The number of aromatic amines is 1. The van der Waals surface area contributed by atoms with Crippen molar-refractivity contribution in [3.05, 3.63) is 78.1 Å². The molecule has 0 radical (unpaired) electrons. The zero-order valence-corrected chi connectivity index (χ0v) is 17.5. The van der Waals surface area contributed by atoms with E-state index in [1.54, 1.807) is 6.26 Å². The average Bonchev–Trinajstić information content (AvgIpc) is 3.53. The number of aromatic nitrogens is 4. The Morgan fingerprint density at radius 1 is 1.20 bits per heavy atom. The molecule has 0 unspecified atom stereocenters. The van der Waals surface area contributed by atoms with Crippen LogP contribution in [0.5, 0.6) is 0 Å². The van der Waals surface area contributed by atoms with Gasteiger partial charge in [-0.05, 0) is 62.9 Å². The molecule has 1 saturated heterocycles. The number of benzene rings is 1. The predicted molar refractivity (Wildman–Crippen MR) is 116 cm³/mol. The van der Waals surface area contributed by atoms with Crippen LogP contribution in [0.4, 0.5) is 0 Å². The molecule has 4 aromatic rings. The van der Waals surface area contributed by atoms with Crippen molar-refractivity contribution in [2.45, 2.75) is 44.1 Å². The van der Waals surface area contributed by atoms with Crippen LogP contribution in [-0.2, 0) is 17.4 Å². The Morgan fingerprint density at radius 2 is 2.13 bits per heavy atom. The first kappa shape index (κ1) is 19.0. The first-order valence-electron chi connectivity index (χ1n) is 10.6. The zero-order valence-electron chi connectivity index (χ0n) is 17.5. The molecule has 30 heavy (non-hydrogen) atoms. The van der Waals surface area contributed by atoms with E-state index in [4.69, 9.17) is 4.42 Å². The minimum Gasteiger partial charge on any atom is -0.464 e. The Balaban J connectivity index is 1.40. The molecule has 0 aliphatic carbocycles. The molecule has 1 fully saturated rings. The number of aryl methyl sites for hydroxylation is 1. The molecular formula is C24H27N5O. The van der Waals surface area contributed by atoms with Crippen molar-refractivity contribution < 1.29 is 4.42 Å². The molecular weight excluding hydrogens is 374 g/mol. The number of hydrogen-bond donors (Lipinski definition) is 1. The van der Waals surface area contributed by atoms with Crippen LogP contribution in [-0.4, -0.2) is 38.4 Å². The van der Waals surface area contributed by atoms with E-state index >= 15 is 0 Å². The van der Waals surface area contributed by atoms with Gasteiger partial charge in [-0.15, -0.1) is 5.10 Å². The van der Waals surface area contributed by atoms with Gasteiger partial charge in [-0.25, -0.2) is 0 Å². The summed E-state index contributed by atoms with van der Waals surface area (Å²) in [6, 6.07) is 14.7. The lowest BCUT2D eigenvalue weighted by Gasteiger charge is -2.37. The smallest absolute Gasteiger partial charge is 0.134 e. The van der Waals surface area contributed by atoms with Gasteiger partial charge in [0.15, 0.2) is 0 Å². The lowest BCUT2D eigenvalue weighted by Crippen LogP contribution is -2.43. The van der Waals surface area contributed by atoms with Crippen LogP contribution in [0.1, 0.15) is 43.6 Å². The Kier molecular flexibility index (Phi) is 4.66. The van der Waals surface area contributed by atoms with Crippen molar-refractivity contribution >= 4 is 11.0 Å². The van der Waals surface area contributed by atoms with Gasteiger partial charge in [-0.2, -0.15) is 0 Å². The summed E-state index contributed by atoms with van der Waals surface area (Å²) in [5.41, 5.74) is 4.23. The Morgan fingerprint density at radius 3 is 2.93 bits per heavy atom. The van der Waals surface area contributed by atoms with E-state index in [0.29, 0.717) is 0 Å². The molecule has 6 heteroatoms. The van der Waals surface area contributed by atoms with Crippen molar-refractivity contribution in [1.29, 1.82) is 0 Å². The highest BCUT2D eigenvalue weighted by Gasteiger charge is 2.46. The third-order valence-electron chi connectivity index (χ3n) is 6.81. The first-order valence-corrected chi connectivity index (χ1v) is 10.6. The summed E-state index contributed by atoms with van der Waals surface area (Å²) in [4.78, 5) is 7.18. The topological polar surface area (TPSA) is 70.8 Å². The fourth-order valence-corrected chi connectivity index (χ4v) is 4.78. The van der Waals surface area contributed by atoms with Gasteiger partial charge in [-0.3, -0.25) is 15.0 Å². The molecule has 0 spiro atoms. The summed E-state index contributed by atoms with van der Waals surface area (Å²) in [7, 11) is 0. The molecule has 1 aromatic carbocycles. The van der Waals surface area contributed by atoms with E-state index in [1.165, 1.54) is 5.56 Å². The molecule has 6 nitrogen and oxygen atoms in total. The van der Waals surface area contributed by atoms with Crippen LogP contribution in [0.25, 0.3) is 11.0 Å². The zero-order chi connectivity index (χ0) is 20.6. The second-order valence-electron chi connectivity index (χ2n) is 8.88. The van der Waals surface area contributed by atoms with Gasteiger partial charge in [0.2, 0.25) is 0 Å². The fourth-order valence-electron chi connectivity index (χ4n) is 4.78. The summed E-state index contributed by atoms with van der Waals surface area (Å²) < 4.78 is 5.60. The third-order valence-corrected chi connectivity index (χ3v) is 6.81. The van der Waals surface area contributed by atoms with Gasteiger partial charge < -0.3 is 4.42 Å². The van der Waals surface area contributed by atoms with Gasteiger partial charge in [-0.1, -0.05) is 23.4 Å². The van der Waals surface area contributed by atoms with Crippen LogP contribution in [0.3, 0.4) is 0 Å². The number of pyridine rings is 1. The number of hydrogen-bond acceptors (Lipinski definition) is 5. The normalized spacial score (nSPS) is 20.2. The number of H-pyrrole nitrogens is 1. The number of fused-ring (bicyclic) bond motifs is 1. The molecule has 4 heterocycles. The van der Waals surface area contributed by atoms with Gasteiger partial charge in [0, 0.05) is 36.3 Å². The molecule has 1 aliphatic heterocycles. The van der Waals surface area contributed by atoms with Crippen LogP contribution >= 0.6 is 0 Å². The van der Waals surface area contributed by atoms with Crippen LogP contribution in [0.2, 0.25) is 0 Å². The first-order chi connectivity index (χ1) is 14.6. The molecule has 1 aliphatic rings. The van der Waals surface area contributed by atoms with Gasteiger partial charge >= 0.3 is 0 Å². The van der Waals surface area contributed by atoms with Crippen LogP contribution < -0.4 is 0 Å². The predicted octanol–water partition coefficient (Wildman–Crippen LogP) is 4.46. The maximum atomic E-state index is 5.60. The standard InChI is InChI=1S/C24H27N5O/c1-23(2,21-5-3-4-12-25-21)29-13-11-24(17-29,22-16-26-28-27-22)10-8-18-6-7-19-9-14-30-20(19)15-18/h3-7,9,12,14-16H,8,10-11,13,17H2,1-2H3,(H,26,27,28)/t24-/m1/s1. The van der Waals surface area contributed by atoms with E-state index in [0.717, 1.165) is 54.7 Å². The lowest BCUT2D eigenvalue weighted by molar-refractivity contribution is 0.138. The minimum atomic E-state index is -0.139. The van der Waals surface area contributed by atoms with Crippen LogP contribution in [0.15, 0.2) is 65.5 Å². The van der Waals surface area contributed by atoms with Crippen molar-refractivity contribution in [2.24, 2.45) is 0 Å². The minimum absolute atomic E-state index is 0.0306. The highest BCUT2D eigenvalue weighted by atomic mass is 16.3. The van der Waals surface area contributed by atoms with Crippen molar-refractivity contribution in [3.8, 4) is 0 Å². The summed E-state index contributed by atoms with van der Waals surface area (Å²) in [6.45, 7) is 6.47. The van der Waals surface area contributed by atoms with Crippen molar-refractivity contribution in [2.75, 3.05) is 13.1 Å². The van der Waals surface area contributed by atoms with E-state index in [9.17, 15) is 0 Å². The number of rotatable bonds is 6. The summed E-state index contributed by atoms with van der Waals surface area (Å²) in [5.74, 6) is 0. The van der Waals surface area contributed by atoms with E-state index in [-0.39, 0.29) is 11.0 Å². The molecule has 0 amide bonds. The maximum Gasteiger partial charge on any atom is 0.134 e. The summed E-state index contributed by atoms with van der Waals surface area (Å²) >= 11 is 0. The third kappa shape index (κ3) is 3.31. The number of likely N-dealkylation sites (tertiary alicyclic amines) is 1. The Bertz CT molecular complexity index is 1120. The second-order valence-corrected chi connectivity index (χ2v) is 8.88. The van der Waals surface area contributed by atoms with E-state index < -0.39 is 0 Å². The highest BCUT2D eigenvalue weighted by Crippen LogP contribution is 2.42. The number of nitrogens with one attached hydrogen (secondary N) is 1. The molecule has 3 aromatic heterocycles. The fraction of sp³-hybridized carbons (Fsp3) is 0.375. The summed E-state index contributed by atoms with van der Waals surface area (Å²) in [5, 5.41) is 12.5. The lowest BCUT2D eigenvalue weighted by atomic mass is 9.78. The van der Waals surface area contributed by atoms with Crippen molar-refractivity contribution in [3.63, 3.8) is 0 Å². The maximum absolute atomic E-state index is 5.60. The highest BCUT2D eigenvalue weighted by molar-refractivity contribution is 5.77. The molecule has 1 atom stereocenters. The van der Waals surface area contributed by atoms with E-state index in [2.05, 4.69) is 69.5 Å². The molecule has 0 saturated carbocycles. The summed E-state index contributed by atoms with van der Waals surface area (Å²) in [6.07, 6.45) is 8.64. The molecule has 0 bridgehead atoms. The van der Waals surface area contributed by atoms with Gasteiger partial charge in [0.1, 0.15) is 5.58 Å². The van der Waals surface area contributed by atoms with Gasteiger partial charge in [0.05, 0.1) is 23.2 Å². The second kappa shape index (κ2) is 7.36. The van der Waals surface area contributed by atoms with Crippen molar-refractivity contribution in [1.82, 2.24) is 25.3 Å².